The third-order valence-corrected chi connectivity index (χ3v) is 2.48. The van der Waals surface area contributed by atoms with Crippen LogP contribution >= 0.6 is 0 Å². The molecule has 0 aliphatic heterocycles. The lowest BCUT2D eigenvalue weighted by Crippen LogP contribution is -2.33. The van der Waals surface area contributed by atoms with Crippen molar-refractivity contribution in [2.45, 2.75) is 26.3 Å². The maximum atomic E-state index is 5.53. The Morgan fingerprint density at radius 2 is 2.19 bits per heavy atom. The Balaban J connectivity index is 2.75. The van der Waals surface area contributed by atoms with Crippen LogP contribution < -0.4 is 15.4 Å². The summed E-state index contributed by atoms with van der Waals surface area (Å²) in [7, 11) is 1.64. The van der Waals surface area contributed by atoms with Gasteiger partial charge in [0.25, 0.3) is 0 Å². The summed E-state index contributed by atoms with van der Waals surface area (Å²) in [4.78, 5) is 6.63. The third kappa shape index (κ3) is 3.38. The van der Waals surface area contributed by atoms with Crippen LogP contribution in [0.5, 0.6) is 5.75 Å². The molecular weight excluding hydrogens is 202 g/mol. The molecule has 0 bridgehead atoms. The Hall–Kier alpha value is -1.29. The molecule has 16 heavy (non-hydrogen) atoms. The van der Waals surface area contributed by atoms with E-state index in [0.717, 1.165) is 24.5 Å². The van der Waals surface area contributed by atoms with Crippen molar-refractivity contribution in [2.24, 2.45) is 5.73 Å². The minimum Gasteiger partial charge on any atom is -0.495 e. The van der Waals surface area contributed by atoms with Crippen molar-refractivity contribution in [3.05, 3.63) is 18.3 Å². The number of anilines is 1. The van der Waals surface area contributed by atoms with E-state index < -0.39 is 0 Å². The molecule has 1 rings (SSSR count). The molecule has 0 saturated heterocycles. The molecule has 0 fully saturated rings. The van der Waals surface area contributed by atoms with Gasteiger partial charge in [-0.3, -0.25) is 0 Å². The number of hydrogen-bond donors (Lipinski definition) is 1. The molecule has 0 aliphatic carbocycles. The van der Waals surface area contributed by atoms with Gasteiger partial charge in [-0.15, -0.1) is 0 Å². The van der Waals surface area contributed by atoms with Gasteiger partial charge >= 0.3 is 0 Å². The predicted molar refractivity (Wildman–Crippen MR) is 66.9 cm³/mol. The Kier molecular flexibility index (Phi) is 5.05. The summed E-state index contributed by atoms with van der Waals surface area (Å²) in [6, 6.07) is 4.34. The molecule has 0 unspecified atom stereocenters. The Bertz CT molecular complexity index is 298. The third-order valence-electron chi connectivity index (χ3n) is 2.48. The number of methoxy groups -OCH3 is 1. The summed E-state index contributed by atoms with van der Waals surface area (Å²) >= 11 is 0. The van der Waals surface area contributed by atoms with Gasteiger partial charge in [-0.05, 0) is 38.9 Å². The number of nitrogens with two attached hydrogens (primary N) is 1. The molecule has 0 aliphatic rings. The monoisotopic (exact) mass is 223 g/mol. The van der Waals surface area contributed by atoms with E-state index in [1.54, 1.807) is 13.3 Å². The predicted octanol–water partition coefficient (Wildman–Crippen LogP) is 1.65. The average molecular weight is 223 g/mol. The van der Waals surface area contributed by atoms with Crippen LogP contribution in [-0.4, -0.2) is 31.2 Å². The van der Waals surface area contributed by atoms with Gasteiger partial charge in [-0.2, -0.15) is 0 Å². The quantitative estimate of drug-likeness (QED) is 0.796. The van der Waals surface area contributed by atoms with Gasteiger partial charge in [0.1, 0.15) is 11.6 Å². The number of nitrogens with zero attached hydrogens (tertiary/aromatic N) is 2. The zero-order valence-corrected chi connectivity index (χ0v) is 10.3. The Labute approximate surface area is 97.4 Å². The van der Waals surface area contributed by atoms with Gasteiger partial charge in [0.15, 0.2) is 0 Å². The lowest BCUT2D eigenvalue weighted by molar-refractivity contribution is 0.413. The van der Waals surface area contributed by atoms with Crippen LogP contribution in [0.15, 0.2) is 18.3 Å². The molecule has 0 atom stereocenters. The summed E-state index contributed by atoms with van der Waals surface area (Å²) in [5, 5.41) is 0. The first-order chi connectivity index (χ1) is 7.69. The minimum atomic E-state index is 0.424. The van der Waals surface area contributed by atoms with Crippen molar-refractivity contribution in [3.8, 4) is 5.75 Å². The fraction of sp³-hybridized carbons (Fsp3) is 0.583. The van der Waals surface area contributed by atoms with Crippen LogP contribution in [0.1, 0.15) is 20.3 Å². The van der Waals surface area contributed by atoms with Crippen LogP contribution in [0.25, 0.3) is 0 Å². The van der Waals surface area contributed by atoms with Gasteiger partial charge in [0.2, 0.25) is 0 Å². The Morgan fingerprint density at radius 1 is 1.44 bits per heavy atom. The van der Waals surface area contributed by atoms with Gasteiger partial charge in [0.05, 0.1) is 13.3 Å². The molecule has 1 aromatic rings. The highest BCUT2D eigenvalue weighted by Gasteiger charge is 2.10. The van der Waals surface area contributed by atoms with Crippen molar-refractivity contribution in [2.75, 3.05) is 25.1 Å². The van der Waals surface area contributed by atoms with Crippen molar-refractivity contribution < 1.29 is 4.74 Å². The van der Waals surface area contributed by atoms with Crippen LogP contribution in [0.4, 0.5) is 5.82 Å². The number of rotatable bonds is 6. The summed E-state index contributed by atoms with van der Waals surface area (Å²) in [6.45, 7) is 5.96. The fourth-order valence-corrected chi connectivity index (χ4v) is 1.56. The van der Waals surface area contributed by atoms with Gasteiger partial charge in [0, 0.05) is 12.6 Å². The summed E-state index contributed by atoms with van der Waals surface area (Å²) in [6.07, 6.45) is 2.72. The van der Waals surface area contributed by atoms with E-state index in [1.807, 2.05) is 12.1 Å². The molecule has 0 amide bonds. The SMILES string of the molecule is COc1ccc(N(CCCN)C(C)C)nc1. The maximum Gasteiger partial charge on any atom is 0.137 e. The fourth-order valence-electron chi connectivity index (χ4n) is 1.56. The average Bonchev–Trinajstić information content (AvgIpc) is 2.30. The van der Waals surface area contributed by atoms with Gasteiger partial charge < -0.3 is 15.4 Å². The molecule has 1 aromatic heterocycles. The summed E-state index contributed by atoms with van der Waals surface area (Å²) in [5.74, 6) is 1.76. The first kappa shape index (κ1) is 12.8. The number of ether oxygens (including phenoxy) is 1. The molecule has 0 radical (unpaired) electrons. The lowest BCUT2D eigenvalue weighted by Gasteiger charge is -2.27. The van der Waals surface area contributed by atoms with E-state index in [1.165, 1.54) is 0 Å². The largest absolute Gasteiger partial charge is 0.495 e. The molecule has 0 aromatic carbocycles. The van der Waals surface area contributed by atoms with Gasteiger partial charge in [-0.1, -0.05) is 0 Å². The van der Waals surface area contributed by atoms with Crippen LogP contribution in [0, 0.1) is 0 Å². The normalized spacial score (nSPS) is 10.6. The van der Waals surface area contributed by atoms with Crippen LogP contribution in [0.3, 0.4) is 0 Å². The smallest absolute Gasteiger partial charge is 0.137 e. The molecule has 4 nitrogen and oxygen atoms in total. The van der Waals surface area contributed by atoms with E-state index in [2.05, 4.69) is 23.7 Å². The molecular formula is C12H21N3O. The zero-order valence-electron chi connectivity index (χ0n) is 10.3. The second-order valence-electron chi connectivity index (χ2n) is 3.99. The maximum absolute atomic E-state index is 5.53. The molecule has 1 heterocycles. The highest BCUT2D eigenvalue weighted by Crippen LogP contribution is 2.17. The summed E-state index contributed by atoms with van der Waals surface area (Å²) in [5.41, 5.74) is 5.53. The van der Waals surface area contributed by atoms with Crippen molar-refractivity contribution in [1.29, 1.82) is 0 Å². The van der Waals surface area contributed by atoms with Crippen molar-refractivity contribution in [3.63, 3.8) is 0 Å². The summed E-state index contributed by atoms with van der Waals surface area (Å²) < 4.78 is 5.09. The minimum absolute atomic E-state index is 0.424. The standard InChI is InChI=1S/C12H21N3O/c1-10(2)15(8-4-7-13)12-6-5-11(16-3)9-14-12/h5-6,9-10H,4,7-8,13H2,1-3H3. The van der Waals surface area contributed by atoms with E-state index in [0.29, 0.717) is 12.6 Å². The lowest BCUT2D eigenvalue weighted by atomic mass is 10.2. The number of hydrogen-bond acceptors (Lipinski definition) is 4. The highest BCUT2D eigenvalue weighted by molar-refractivity contribution is 5.41. The zero-order chi connectivity index (χ0) is 12.0. The molecule has 90 valence electrons. The molecule has 0 saturated carbocycles. The second kappa shape index (κ2) is 6.33. The highest BCUT2D eigenvalue weighted by atomic mass is 16.5. The first-order valence-electron chi connectivity index (χ1n) is 5.65. The molecule has 2 N–H and O–H groups in total. The van der Waals surface area contributed by atoms with E-state index >= 15 is 0 Å². The van der Waals surface area contributed by atoms with E-state index in [4.69, 9.17) is 10.5 Å². The van der Waals surface area contributed by atoms with Crippen molar-refractivity contribution in [1.82, 2.24) is 4.98 Å². The Morgan fingerprint density at radius 3 is 2.62 bits per heavy atom. The first-order valence-corrected chi connectivity index (χ1v) is 5.65. The van der Waals surface area contributed by atoms with Crippen LogP contribution in [0.2, 0.25) is 0 Å². The van der Waals surface area contributed by atoms with Crippen LogP contribution in [-0.2, 0) is 0 Å². The molecule has 0 spiro atoms. The van der Waals surface area contributed by atoms with Gasteiger partial charge in [-0.25, -0.2) is 4.98 Å². The topological polar surface area (TPSA) is 51.4 Å². The molecule has 4 heteroatoms. The van der Waals surface area contributed by atoms with E-state index in [9.17, 15) is 0 Å². The van der Waals surface area contributed by atoms with E-state index in [-0.39, 0.29) is 0 Å². The second-order valence-corrected chi connectivity index (χ2v) is 3.99. The number of aromatic nitrogens is 1. The number of pyridine rings is 1. The van der Waals surface area contributed by atoms with Crippen molar-refractivity contribution >= 4 is 5.82 Å².